The minimum absolute atomic E-state index is 0.0424. The van der Waals surface area contributed by atoms with Crippen LogP contribution in [0.5, 0.6) is 0 Å². The van der Waals surface area contributed by atoms with E-state index in [4.69, 9.17) is 0 Å². The fraction of sp³-hybridized carbons (Fsp3) is 0.381. The second-order valence-corrected chi connectivity index (χ2v) is 7.78. The van der Waals surface area contributed by atoms with E-state index in [1.54, 1.807) is 6.07 Å². The smallest absolute Gasteiger partial charge is 0.261 e. The van der Waals surface area contributed by atoms with Crippen molar-refractivity contribution in [2.75, 3.05) is 11.9 Å². The van der Waals surface area contributed by atoms with Crippen molar-refractivity contribution in [2.24, 2.45) is 5.41 Å². The van der Waals surface area contributed by atoms with Crippen molar-refractivity contribution in [1.82, 2.24) is 10.3 Å². The van der Waals surface area contributed by atoms with E-state index in [9.17, 15) is 14.4 Å². The van der Waals surface area contributed by atoms with Crippen molar-refractivity contribution in [3.05, 3.63) is 63.1 Å². The summed E-state index contributed by atoms with van der Waals surface area (Å²) in [6, 6.07) is 8.88. The molecule has 0 atom stereocenters. The van der Waals surface area contributed by atoms with E-state index < -0.39 is 11.5 Å². The number of rotatable bonds is 5. The molecule has 0 unspecified atom stereocenters. The largest absolute Gasteiger partial charge is 0.325 e. The molecule has 3 rings (SSSR count). The van der Waals surface area contributed by atoms with Crippen molar-refractivity contribution in [2.45, 2.75) is 40.2 Å². The summed E-state index contributed by atoms with van der Waals surface area (Å²) in [6.07, 6.45) is 1.01. The summed E-state index contributed by atoms with van der Waals surface area (Å²) >= 11 is 0. The molecule has 6 nitrogen and oxygen atoms in total. The summed E-state index contributed by atoms with van der Waals surface area (Å²) in [4.78, 5) is 40.2. The van der Waals surface area contributed by atoms with E-state index in [2.05, 4.69) is 15.6 Å². The van der Waals surface area contributed by atoms with Gasteiger partial charge in [-0.1, -0.05) is 32.9 Å². The first-order chi connectivity index (χ1) is 12.8. The number of ketones is 1. The second-order valence-electron chi connectivity index (χ2n) is 7.78. The Morgan fingerprint density at radius 2 is 1.96 bits per heavy atom. The summed E-state index contributed by atoms with van der Waals surface area (Å²) in [5.74, 6) is -0.559. The maximum atomic E-state index is 12.6. The average molecular weight is 367 g/mol. The Labute approximate surface area is 158 Å². The highest BCUT2D eigenvalue weighted by atomic mass is 16.2. The van der Waals surface area contributed by atoms with Gasteiger partial charge in [-0.05, 0) is 42.1 Å². The van der Waals surface area contributed by atoms with Crippen molar-refractivity contribution in [3.63, 3.8) is 0 Å². The van der Waals surface area contributed by atoms with Crippen LogP contribution in [0.25, 0.3) is 0 Å². The Morgan fingerprint density at radius 3 is 2.70 bits per heavy atom. The van der Waals surface area contributed by atoms with Gasteiger partial charge in [-0.25, -0.2) is 0 Å². The van der Waals surface area contributed by atoms with Crippen LogP contribution in [-0.4, -0.2) is 23.2 Å². The molecule has 1 aromatic carbocycles. The number of aromatic amines is 1. The fourth-order valence-corrected chi connectivity index (χ4v) is 3.42. The Bertz CT molecular complexity index is 944. The lowest BCUT2D eigenvalue weighted by atomic mass is 9.75. The van der Waals surface area contributed by atoms with Gasteiger partial charge < -0.3 is 15.6 Å². The molecule has 1 aliphatic rings. The quantitative estimate of drug-likeness (QED) is 0.758. The molecule has 0 fully saturated rings. The molecule has 0 radical (unpaired) electrons. The summed E-state index contributed by atoms with van der Waals surface area (Å²) in [5.41, 5.74) is 2.00. The normalized spacial score (nSPS) is 15.3. The molecule has 2 aromatic rings. The maximum absolute atomic E-state index is 12.6. The van der Waals surface area contributed by atoms with Crippen LogP contribution >= 0.6 is 0 Å². The number of H-pyrrole nitrogens is 1. The molecule has 0 saturated heterocycles. The SMILES string of the molecule is CCNCc1cccc(NC(=O)c2cc3c([nH]c2=O)CC(C)(C)CC3=O)c1. The van der Waals surface area contributed by atoms with E-state index in [0.29, 0.717) is 36.3 Å². The number of nitrogens with one attached hydrogen (secondary N) is 3. The molecule has 27 heavy (non-hydrogen) atoms. The van der Waals surface area contributed by atoms with Crippen LogP contribution in [0.4, 0.5) is 5.69 Å². The predicted molar refractivity (Wildman–Crippen MR) is 105 cm³/mol. The van der Waals surface area contributed by atoms with E-state index in [1.165, 1.54) is 6.07 Å². The molecule has 3 N–H and O–H groups in total. The summed E-state index contributed by atoms with van der Waals surface area (Å²) < 4.78 is 0. The summed E-state index contributed by atoms with van der Waals surface area (Å²) in [6.45, 7) is 7.56. The Balaban J connectivity index is 1.85. The number of carbonyl (C=O) groups excluding carboxylic acids is 2. The summed E-state index contributed by atoms with van der Waals surface area (Å²) in [7, 11) is 0. The number of carbonyl (C=O) groups is 2. The Hall–Kier alpha value is -2.73. The van der Waals surface area contributed by atoms with Crippen LogP contribution in [0.3, 0.4) is 0 Å². The van der Waals surface area contributed by atoms with E-state index in [-0.39, 0.29) is 16.8 Å². The van der Waals surface area contributed by atoms with Crippen LogP contribution in [-0.2, 0) is 13.0 Å². The second kappa shape index (κ2) is 7.48. The molecule has 0 saturated carbocycles. The fourth-order valence-electron chi connectivity index (χ4n) is 3.42. The highest BCUT2D eigenvalue weighted by molar-refractivity contribution is 6.06. The van der Waals surface area contributed by atoms with Gasteiger partial charge in [0.25, 0.3) is 11.5 Å². The molecule has 1 aliphatic carbocycles. The van der Waals surface area contributed by atoms with Crippen LogP contribution in [0.1, 0.15) is 59.2 Å². The lowest BCUT2D eigenvalue weighted by Crippen LogP contribution is -2.32. The molecule has 0 spiro atoms. The molecular weight excluding hydrogens is 342 g/mol. The monoisotopic (exact) mass is 367 g/mol. The van der Waals surface area contributed by atoms with Crippen molar-refractivity contribution in [1.29, 1.82) is 0 Å². The number of hydrogen-bond acceptors (Lipinski definition) is 4. The van der Waals surface area contributed by atoms with Crippen LogP contribution in [0, 0.1) is 5.41 Å². The number of Topliss-reactive ketones (excluding diaryl/α,β-unsaturated/α-hetero) is 1. The Kier molecular flexibility index (Phi) is 5.28. The topological polar surface area (TPSA) is 91.1 Å². The molecule has 0 bridgehead atoms. The van der Waals surface area contributed by atoms with Crippen LogP contribution < -0.4 is 16.2 Å². The molecular formula is C21H25N3O3. The number of hydrogen-bond donors (Lipinski definition) is 3. The highest BCUT2D eigenvalue weighted by Crippen LogP contribution is 2.33. The molecule has 142 valence electrons. The minimum Gasteiger partial charge on any atom is -0.325 e. The Morgan fingerprint density at radius 1 is 1.19 bits per heavy atom. The van der Waals surface area contributed by atoms with Gasteiger partial charge in [0.2, 0.25) is 0 Å². The molecule has 0 aliphatic heterocycles. The standard InChI is InChI=1S/C21H25N3O3/c1-4-22-12-13-6-5-7-14(8-13)23-19(26)16-9-15-17(24-20(16)27)10-21(2,3)11-18(15)25/h5-9,22H,4,10-12H2,1-3H3,(H,23,26)(H,24,27). The first-order valence-corrected chi connectivity index (χ1v) is 9.19. The van der Waals surface area contributed by atoms with Gasteiger partial charge >= 0.3 is 0 Å². The van der Waals surface area contributed by atoms with Crippen LogP contribution in [0.2, 0.25) is 0 Å². The highest BCUT2D eigenvalue weighted by Gasteiger charge is 2.32. The number of pyridine rings is 1. The lowest BCUT2D eigenvalue weighted by Gasteiger charge is -2.29. The van der Waals surface area contributed by atoms with Gasteiger partial charge in [-0.15, -0.1) is 0 Å². The molecule has 1 heterocycles. The maximum Gasteiger partial charge on any atom is 0.261 e. The third kappa shape index (κ3) is 4.34. The number of benzene rings is 1. The van der Waals surface area contributed by atoms with Gasteiger partial charge in [0.15, 0.2) is 5.78 Å². The third-order valence-corrected chi connectivity index (χ3v) is 4.73. The molecule has 1 amide bonds. The zero-order chi connectivity index (χ0) is 19.6. The van der Waals surface area contributed by atoms with E-state index >= 15 is 0 Å². The molecule has 6 heteroatoms. The van der Waals surface area contributed by atoms with Gasteiger partial charge in [0, 0.05) is 29.9 Å². The van der Waals surface area contributed by atoms with Gasteiger partial charge in [0.1, 0.15) is 5.56 Å². The minimum atomic E-state index is -0.516. The van der Waals surface area contributed by atoms with Gasteiger partial charge in [-0.2, -0.15) is 0 Å². The van der Waals surface area contributed by atoms with E-state index in [1.807, 2.05) is 39.0 Å². The van der Waals surface area contributed by atoms with E-state index in [0.717, 1.165) is 12.1 Å². The first-order valence-electron chi connectivity index (χ1n) is 9.19. The zero-order valence-electron chi connectivity index (χ0n) is 15.9. The first kappa shape index (κ1) is 19.0. The summed E-state index contributed by atoms with van der Waals surface area (Å²) in [5, 5.41) is 5.98. The van der Waals surface area contributed by atoms with Crippen LogP contribution in [0.15, 0.2) is 35.1 Å². The average Bonchev–Trinajstić information content (AvgIpc) is 2.58. The number of anilines is 1. The lowest BCUT2D eigenvalue weighted by molar-refractivity contribution is 0.0910. The molecule has 1 aromatic heterocycles. The predicted octanol–water partition coefficient (Wildman–Crippen LogP) is 2.89. The third-order valence-electron chi connectivity index (χ3n) is 4.73. The van der Waals surface area contributed by atoms with Crippen molar-refractivity contribution < 1.29 is 9.59 Å². The van der Waals surface area contributed by atoms with Gasteiger partial charge in [-0.3, -0.25) is 14.4 Å². The van der Waals surface area contributed by atoms with Crippen molar-refractivity contribution in [3.8, 4) is 0 Å². The zero-order valence-corrected chi connectivity index (χ0v) is 15.9. The number of aromatic nitrogens is 1. The number of fused-ring (bicyclic) bond motifs is 1. The van der Waals surface area contributed by atoms with Gasteiger partial charge in [0.05, 0.1) is 0 Å². The number of amides is 1. The van der Waals surface area contributed by atoms with Crippen molar-refractivity contribution >= 4 is 17.4 Å².